The van der Waals surface area contributed by atoms with Crippen molar-refractivity contribution in [3.63, 3.8) is 0 Å². The number of rotatable bonds is 2. The Morgan fingerprint density at radius 3 is 2.65 bits per heavy atom. The van der Waals surface area contributed by atoms with Gasteiger partial charge in [-0.25, -0.2) is 14.2 Å². The van der Waals surface area contributed by atoms with Crippen molar-refractivity contribution in [3.05, 3.63) is 40.7 Å². The van der Waals surface area contributed by atoms with Crippen molar-refractivity contribution in [3.8, 4) is 10.6 Å². The van der Waals surface area contributed by atoms with Crippen molar-refractivity contribution in [1.29, 1.82) is 0 Å². The molecule has 0 amide bonds. The van der Waals surface area contributed by atoms with Gasteiger partial charge in [0.2, 0.25) is 0 Å². The molecule has 1 aromatic carbocycles. The lowest BCUT2D eigenvalue weighted by Gasteiger charge is -2.08. The molecule has 0 spiro atoms. The lowest BCUT2D eigenvalue weighted by Crippen LogP contribution is -2.05. The summed E-state index contributed by atoms with van der Waals surface area (Å²) < 4.78 is 55.8. The van der Waals surface area contributed by atoms with E-state index >= 15 is 0 Å². The quantitative estimate of drug-likeness (QED) is 0.626. The minimum absolute atomic E-state index is 0.0194. The third kappa shape index (κ3) is 2.79. The molecule has 3 nitrogen and oxygen atoms in total. The summed E-state index contributed by atoms with van der Waals surface area (Å²) in [6, 6.07) is 2.03. The molecule has 106 valence electrons. The van der Waals surface area contributed by atoms with E-state index in [4.69, 9.17) is 0 Å². The predicted molar refractivity (Wildman–Crippen MR) is 63.8 cm³/mol. The van der Waals surface area contributed by atoms with Crippen LogP contribution in [0.4, 0.5) is 17.6 Å². The monoisotopic (exact) mass is 305 g/mol. The number of methoxy groups -OCH3 is 1. The van der Waals surface area contributed by atoms with Crippen molar-refractivity contribution < 1.29 is 27.1 Å². The normalized spacial score (nSPS) is 11.4. The maximum absolute atomic E-state index is 13.6. The average molecular weight is 305 g/mol. The van der Waals surface area contributed by atoms with E-state index in [2.05, 4.69) is 9.72 Å². The standard InChI is InChI=1S/C12H7F4NO2S/c1-19-11(18)9-5-17-10(20-9)7-4-6(12(14,15)16)2-3-8(7)13/h2-5H,1H3. The molecular formula is C12H7F4NO2S. The molecule has 0 fully saturated rings. The third-order valence-electron chi connectivity index (χ3n) is 2.42. The van der Waals surface area contributed by atoms with E-state index in [1.165, 1.54) is 0 Å². The lowest BCUT2D eigenvalue weighted by atomic mass is 10.1. The number of nitrogens with zero attached hydrogens (tertiary/aromatic N) is 1. The Kier molecular flexibility index (Phi) is 3.76. The van der Waals surface area contributed by atoms with Crippen molar-refractivity contribution >= 4 is 17.3 Å². The summed E-state index contributed by atoms with van der Waals surface area (Å²) in [7, 11) is 1.16. The van der Waals surface area contributed by atoms with Crippen molar-refractivity contribution in [1.82, 2.24) is 4.98 Å². The number of hydrogen-bond acceptors (Lipinski definition) is 4. The van der Waals surface area contributed by atoms with Crippen molar-refractivity contribution in [2.24, 2.45) is 0 Å². The summed E-state index contributed by atoms with van der Waals surface area (Å²) in [4.78, 5) is 15.1. The molecule has 1 heterocycles. The summed E-state index contributed by atoms with van der Waals surface area (Å²) in [5, 5.41) is -0.0194. The highest BCUT2D eigenvalue weighted by Crippen LogP contribution is 2.34. The van der Waals surface area contributed by atoms with Crippen LogP contribution >= 0.6 is 11.3 Å². The van der Waals surface area contributed by atoms with E-state index in [0.717, 1.165) is 30.7 Å². The predicted octanol–water partition coefficient (Wildman–Crippen LogP) is 3.75. The van der Waals surface area contributed by atoms with Crippen LogP contribution in [0.15, 0.2) is 24.4 Å². The maximum atomic E-state index is 13.6. The van der Waals surface area contributed by atoms with Gasteiger partial charge in [-0.05, 0) is 18.2 Å². The van der Waals surface area contributed by atoms with Gasteiger partial charge in [0.15, 0.2) is 0 Å². The molecule has 0 aliphatic carbocycles. The minimum atomic E-state index is -4.58. The van der Waals surface area contributed by atoms with Gasteiger partial charge in [-0.15, -0.1) is 11.3 Å². The maximum Gasteiger partial charge on any atom is 0.416 e. The van der Waals surface area contributed by atoms with E-state index in [1.54, 1.807) is 0 Å². The van der Waals surface area contributed by atoms with Crippen LogP contribution in [0.25, 0.3) is 10.6 Å². The van der Waals surface area contributed by atoms with Gasteiger partial charge in [0.05, 0.1) is 18.9 Å². The number of halogens is 4. The Balaban J connectivity index is 2.47. The van der Waals surface area contributed by atoms with Crippen molar-refractivity contribution in [2.45, 2.75) is 6.18 Å². The van der Waals surface area contributed by atoms with Crippen LogP contribution in [-0.4, -0.2) is 18.1 Å². The van der Waals surface area contributed by atoms with Crippen LogP contribution in [0.2, 0.25) is 0 Å². The molecule has 2 aromatic rings. The summed E-state index contributed by atoms with van der Waals surface area (Å²) in [5.41, 5.74) is -1.29. The Morgan fingerprint density at radius 1 is 1.35 bits per heavy atom. The Morgan fingerprint density at radius 2 is 2.05 bits per heavy atom. The number of carbonyl (C=O) groups is 1. The zero-order valence-corrected chi connectivity index (χ0v) is 10.8. The third-order valence-corrected chi connectivity index (χ3v) is 3.43. The molecule has 8 heteroatoms. The van der Waals surface area contributed by atoms with Crippen molar-refractivity contribution in [2.75, 3.05) is 7.11 Å². The number of benzene rings is 1. The van der Waals surface area contributed by atoms with Crippen LogP contribution in [0.5, 0.6) is 0 Å². The topological polar surface area (TPSA) is 39.2 Å². The van der Waals surface area contributed by atoms with Gasteiger partial charge in [0.1, 0.15) is 15.7 Å². The highest BCUT2D eigenvalue weighted by Gasteiger charge is 2.31. The summed E-state index contributed by atoms with van der Waals surface area (Å²) in [5.74, 6) is -1.52. The molecule has 20 heavy (non-hydrogen) atoms. The zero-order chi connectivity index (χ0) is 14.9. The second kappa shape index (κ2) is 5.20. The Bertz CT molecular complexity index is 651. The van der Waals surface area contributed by atoms with E-state index in [9.17, 15) is 22.4 Å². The van der Waals surface area contributed by atoms with Gasteiger partial charge in [-0.2, -0.15) is 13.2 Å². The molecule has 0 saturated carbocycles. The SMILES string of the molecule is COC(=O)c1cnc(-c2cc(C(F)(F)F)ccc2F)s1. The first-order chi connectivity index (χ1) is 9.32. The van der Waals surface area contributed by atoms with E-state index < -0.39 is 23.5 Å². The first kappa shape index (κ1) is 14.4. The van der Waals surface area contributed by atoms with Gasteiger partial charge in [0, 0.05) is 5.56 Å². The van der Waals surface area contributed by atoms with Gasteiger partial charge in [-0.3, -0.25) is 0 Å². The number of esters is 1. The molecule has 0 radical (unpaired) electrons. The number of alkyl halides is 3. The van der Waals surface area contributed by atoms with Crippen LogP contribution in [0, 0.1) is 5.82 Å². The lowest BCUT2D eigenvalue weighted by molar-refractivity contribution is -0.137. The number of carbonyl (C=O) groups excluding carboxylic acids is 1. The smallest absolute Gasteiger partial charge is 0.416 e. The Labute approximate surface area is 114 Å². The fourth-order valence-electron chi connectivity index (χ4n) is 1.46. The van der Waals surface area contributed by atoms with E-state index in [1.807, 2.05) is 0 Å². The second-order valence-corrected chi connectivity index (χ2v) is 4.74. The van der Waals surface area contributed by atoms with Crippen LogP contribution in [0.3, 0.4) is 0 Å². The molecule has 1 aromatic heterocycles. The van der Waals surface area contributed by atoms with Gasteiger partial charge in [0.25, 0.3) is 0 Å². The first-order valence-electron chi connectivity index (χ1n) is 5.24. The van der Waals surface area contributed by atoms with Crippen LogP contribution in [-0.2, 0) is 10.9 Å². The molecular weight excluding hydrogens is 298 g/mol. The molecule has 0 atom stereocenters. The van der Waals surface area contributed by atoms with Gasteiger partial charge >= 0.3 is 12.1 Å². The summed E-state index contributed by atoms with van der Waals surface area (Å²) in [6.07, 6.45) is -3.45. The summed E-state index contributed by atoms with van der Waals surface area (Å²) in [6.45, 7) is 0. The number of ether oxygens (including phenoxy) is 1. The first-order valence-corrected chi connectivity index (χ1v) is 6.06. The second-order valence-electron chi connectivity index (χ2n) is 3.71. The summed E-state index contributed by atoms with van der Waals surface area (Å²) >= 11 is 0.759. The number of thiazole rings is 1. The minimum Gasteiger partial charge on any atom is -0.465 e. The molecule has 2 rings (SSSR count). The fourth-order valence-corrected chi connectivity index (χ4v) is 2.31. The highest BCUT2D eigenvalue weighted by atomic mass is 32.1. The molecule has 0 unspecified atom stereocenters. The average Bonchev–Trinajstić information content (AvgIpc) is 2.86. The van der Waals surface area contributed by atoms with Gasteiger partial charge in [-0.1, -0.05) is 0 Å². The van der Waals surface area contributed by atoms with Crippen LogP contribution in [0.1, 0.15) is 15.2 Å². The molecule has 0 aliphatic rings. The molecule has 0 saturated heterocycles. The number of aromatic nitrogens is 1. The van der Waals surface area contributed by atoms with E-state index in [0.29, 0.717) is 12.1 Å². The van der Waals surface area contributed by atoms with Crippen LogP contribution < -0.4 is 0 Å². The zero-order valence-electron chi connectivity index (χ0n) is 9.99. The highest BCUT2D eigenvalue weighted by molar-refractivity contribution is 7.16. The number of hydrogen-bond donors (Lipinski definition) is 0. The molecule has 0 bridgehead atoms. The molecule has 0 aliphatic heterocycles. The van der Waals surface area contributed by atoms with Gasteiger partial charge < -0.3 is 4.74 Å². The molecule has 0 N–H and O–H groups in total. The van der Waals surface area contributed by atoms with E-state index in [-0.39, 0.29) is 15.4 Å². The largest absolute Gasteiger partial charge is 0.465 e. The Hall–Kier alpha value is -1.96. The fraction of sp³-hybridized carbons (Fsp3) is 0.167.